The lowest BCUT2D eigenvalue weighted by atomic mass is 9.88. The van der Waals surface area contributed by atoms with E-state index < -0.39 is 23.0 Å². The fraction of sp³-hybridized carbons (Fsp3) is 0.520. The van der Waals surface area contributed by atoms with Gasteiger partial charge in [0.1, 0.15) is 11.4 Å². The van der Waals surface area contributed by atoms with E-state index in [0.717, 1.165) is 18.4 Å². The topological polar surface area (TPSA) is 94.8 Å². The molecule has 1 spiro atoms. The number of aromatic nitrogens is 1. The zero-order valence-corrected chi connectivity index (χ0v) is 19.0. The number of rotatable bonds is 5. The molecule has 0 aromatic carbocycles. The molecule has 2 aliphatic carbocycles. The van der Waals surface area contributed by atoms with Crippen molar-refractivity contribution in [2.45, 2.75) is 51.2 Å². The summed E-state index contributed by atoms with van der Waals surface area (Å²) < 4.78 is 14.7. The van der Waals surface area contributed by atoms with E-state index in [1.807, 2.05) is 4.90 Å². The van der Waals surface area contributed by atoms with Crippen LogP contribution in [0.4, 0.5) is 4.39 Å². The number of aliphatic hydroxyl groups excluding tert-OH is 1. The van der Waals surface area contributed by atoms with Gasteiger partial charge in [0, 0.05) is 24.1 Å². The Morgan fingerprint density at radius 2 is 2.12 bits per heavy atom. The summed E-state index contributed by atoms with van der Waals surface area (Å²) >= 11 is 0. The standard InChI is InChI=1S/C25H30FN3O4/c1-4-15(6-5-14(2)26)12-28-10-8-17-19(18(28)13-30)21(31)23(33)29-20(17)22(32)27-25(29)9-7-16-11-24(16,25)3/h4-6,16,18,30-31H,1,7-13H2,2-3H3,(H,27,32)/b14-5+,15-6+/t16?,18?,24-,25?/m1/s1. The highest BCUT2D eigenvalue weighted by molar-refractivity contribution is 5.97. The second-order valence-electron chi connectivity index (χ2n) is 10.0. The summed E-state index contributed by atoms with van der Waals surface area (Å²) in [5.74, 6) is -0.542. The van der Waals surface area contributed by atoms with Crippen LogP contribution >= 0.6 is 0 Å². The van der Waals surface area contributed by atoms with E-state index in [4.69, 9.17) is 0 Å². The Kier molecular flexibility index (Phi) is 4.95. The third kappa shape index (κ3) is 2.93. The summed E-state index contributed by atoms with van der Waals surface area (Å²) in [6.45, 7) is 7.77. The Bertz CT molecular complexity index is 1180. The number of fused-ring (bicyclic) bond motifs is 6. The van der Waals surface area contributed by atoms with Crippen LogP contribution < -0.4 is 10.9 Å². The number of hydrogen-bond acceptors (Lipinski definition) is 5. The molecule has 3 heterocycles. The van der Waals surface area contributed by atoms with Crippen molar-refractivity contribution in [3.63, 3.8) is 0 Å². The molecule has 1 aromatic rings. The van der Waals surface area contributed by atoms with Gasteiger partial charge < -0.3 is 15.5 Å². The zero-order valence-electron chi connectivity index (χ0n) is 19.0. The number of aromatic hydroxyl groups is 1. The van der Waals surface area contributed by atoms with Crippen LogP contribution in [0.25, 0.3) is 0 Å². The van der Waals surface area contributed by atoms with E-state index in [9.17, 15) is 24.2 Å². The molecule has 5 rings (SSSR count). The minimum atomic E-state index is -0.783. The maximum atomic E-state index is 13.5. The maximum absolute atomic E-state index is 13.5. The van der Waals surface area contributed by atoms with Crippen molar-refractivity contribution in [3.8, 4) is 5.75 Å². The molecule has 0 saturated heterocycles. The van der Waals surface area contributed by atoms with Crippen LogP contribution in [0.5, 0.6) is 5.75 Å². The minimum Gasteiger partial charge on any atom is -0.503 e. The molecular weight excluding hydrogens is 425 g/mol. The number of carbonyl (C=O) groups excluding carboxylic acids is 1. The third-order valence-electron chi connectivity index (χ3n) is 8.39. The molecule has 4 aliphatic rings. The highest BCUT2D eigenvalue weighted by Crippen LogP contribution is 2.70. The monoisotopic (exact) mass is 455 g/mol. The number of hydrogen-bond donors (Lipinski definition) is 3. The van der Waals surface area contributed by atoms with Crippen molar-refractivity contribution in [2.24, 2.45) is 11.3 Å². The number of halogens is 1. The number of aliphatic hydroxyl groups is 1. The molecule has 8 heteroatoms. The Morgan fingerprint density at radius 3 is 2.70 bits per heavy atom. The second kappa shape index (κ2) is 7.40. The third-order valence-corrected chi connectivity index (χ3v) is 8.39. The van der Waals surface area contributed by atoms with Crippen molar-refractivity contribution >= 4 is 5.91 Å². The molecular formula is C25H30FN3O4. The van der Waals surface area contributed by atoms with E-state index in [2.05, 4.69) is 18.8 Å². The van der Waals surface area contributed by atoms with Crippen molar-refractivity contribution in [1.29, 1.82) is 0 Å². The average Bonchev–Trinajstić information content (AvgIpc) is 3.26. The molecule has 2 saturated carbocycles. The van der Waals surface area contributed by atoms with Gasteiger partial charge in [0.2, 0.25) is 0 Å². The Hall–Kier alpha value is -2.71. The van der Waals surface area contributed by atoms with Crippen molar-refractivity contribution < 1.29 is 19.4 Å². The van der Waals surface area contributed by atoms with Crippen LogP contribution in [-0.2, 0) is 12.1 Å². The van der Waals surface area contributed by atoms with Crippen molar-refractivity contribution in [3.05, 3.63) is 63.4 Å². The maximum Gasteiger partial charge on any atom is 0.295 e. The van der Waals surface area contributed by atoms with E-state index in [1.54, 1.807) is 12.2 Å². The molecule has 4 atom stereocenters. The average molecular weight is 456 g/mol. The van der Waals surface area contributed by atoms with E-state index in [1.165, 1.54) is 17.6 Å². The number of carbonyl (C=O) groups is 1. The molecule has 3 unspecified atom stereocenters. The zero-order chi connectivity index (χ0) is 23.7. The lowest BCUT2D eigenvalue weighted by molar-refractivity contribution is 0.0842. The van der Waals surface area contributed by atoms with Crippen LogP contribution in [0.2, 0.25) is 0 Å². The first-order chi connectivity index (χ1) is 15.7. The molecule has 176 valence electrons. The van der Waals surface area contributed by atoms with Gasteiger partial charge in [-0.25, -0.2) is 4.39 Å². The van der Waals surface area contributed by atoms with Gasteiger partial charge in [-0.05, 0) is 55.7 Å². The number of pyridine rings is 1. The van der Waals surface area contributed by atoms with Gasteiger partial charge in [0.05, 0.1) is 18.5 Å². The molecule has 0 radical (unpaired) electrons. The van der Waals surface area contributed by atoms with Crippen LogP contribution in [0.3, 0.4) is 0 Å². The molecule has 1 aromatic heterocycles. The smallest absolute Gasteiger partial charge is 0.295 e. The summed E-state index contributed by atoms with van der Waals surface area (Å²) in [5, 5.41) is 24.5. The van der Waals surface area contributed by atoms with Gasteiger partial charge in [-0.2, -0.15) is 0 Å². The largest absolute Gasteiger partial charge is 0.503 e. The Labute approximate surface area is 191 Å². The first kappa shape index (κ1) is 22.1. The molecule has 33 heavy (non-hydrogen) atoms. The second-order valence-corrected chi connectivity index (χ2v) is 10.0. The fourth-order valence-electron chi connectivity index (χ4n) is 6.50. The minimum absolute atomic E-state index is 0.179. The molecule has 1 amide bonds. The number of allylic oxidation sites excluding steroid dienone is 3. The van der Waals surface area contributed by atoms with Gasteiger partial charge in [-0.15, -0.1) is 0 Å². The van der Waals surface area contributed by atoms with Crippen LogP contribution in [0.1, 0.15) is 60.8 Å². The summed E-state index contributed by atoms with van der Waals surface area (Å²) in [4.78, 5) is 28.7. The van der Waals surface area contributed by atoms with Crippen LogP contribution in [0, 0.1) is 11.3 Å². The molecule has 2 aliphatic heterocycles. The predicted molar refractivity (Wildman–Crippen MR) is 122 cm³/mol. The van der Waals surface area contributed by atoms with Gasteiger partial charge in [-0.1, -0.05) is 25.7 Å². The number of nitrogens with one attached hydrogen (secondary N) is 1. The van der Waals surface area contributed by atoms with Crippen molar-refractivity contribution in [2.75, 3.05) is 19.7 Å². The Balaban J connectivity index is 1.60. The summed E-state index contributed by atoms with van der Waals surface area (Å²) in [6, 6.07) is -0.664. The first-order valence-electron chi connectivity index (χ1n) is 11.5. The predicted octanol–water partition coefficient (Wildman–Crippen LogP) is 2.65. The number of nitrogens with zero attached hydrogens (tertiary/aromatic N) is 2. The number of amides is 1. The van der Waals surface area contributed by atoms with Gasteiger partial charge >= 0.3 is 0 Å². The summed E-state index contributed by atoms with van der Waals surface area (Å²) in [7, 11) is 0. The van der Waals surface area contributed by atoms with Crippen LogP contribution in [-0.4, -0.2) is 45.3 Å². The normalized spacial score (nSPS) is 33.0. The SMILES string of the molecule is C=C/C(=C\C=C(/C)F)CN1CCc2c(c(O)c(=O)n3c2C(=O)NC32CCC3C[C@]32C)C1CO. The first-order valence-corrected chi connectivity index (χ1v) is 11.5. The van der Waals surface area contributed by atoms with E-state index >= 15 is 0 Å². The van der Waals surface area contributed by atoms with Gasteiger partial charge in [0.15, 0.2) is 5.75 Å². The van der Waals surface area contributed by atoms with E-state index in [0.29, 0.717) is 48.7 Å². The molecule has 7 nitrogen and oxygen atoms in total. The lowest BCUT2D eigenvalue weighted by Gasteiger charge is -2.39. The van der Waals surface area contributed by atoms with Gasteiger partial charge in [0.25, 0.3) is 11.5 Å². The Morgan fingerprint density at radius 1 is 1.36 bits per heavy atom. The molecule has 2 fully saturated rings. The van der Waals surface area contributed by atoms with Crippen molar-refractivity contribution in [1.82, 2.24) is 14.8 Å². The fourth-order valence-corrected chi connectivity index (χ4v) is 6.50. The van der Waals surface area contributed by atoms with Crippen LogP contribution in [0.15, 0.2) is 41.0 Å². The molecule has 0 bridgehead atoms. The molecule has 3 N–H and O–H groups in total. The van der Waals surface area contributed by atoms with Gasteiger partial charge in [-0.3, -0.25) is 19.1 Å². The highest BCUT2D eigenvalue weighted by Gasteiger charge is 2.72. The highest BCUT2D eigenvalue weighted by atomic mass is 19.1. The quantitative estimate of drug-likeness (QED) is 0.594. The summed E-state index contributed by atoms with van der Waals surface area (Å²) in [5.41, 5.74) is 0.482. The van der Waals surface area contributed by atoms with E-state index in [-0.39, 0.29) is 23.8 Å². The summed E-state index contributed by atoms with van der Waals surface area (Å²) in [6.07, 6.45) is 7.59. The lowest BCUT2D eigenvalue weighted by Crippen LogP contribution is -2.52.